The van der Waals surface area contributed by atoms with Crippen molar-refractivity contribution in [3.63, 3.8) is 0 Å². The molecule has 0 fully saturated rings. The van der Waals surface area contributed by atoms with Gasteiger partial charge in [-0.1, -0.05) is 0 Å². The van der Waals surface area contributed by atoms with E-state index in [0.717, 1.165) is 0 Å². The Balaban J connectivity index is 3.19. The van der Waals surface area contributed by atoms with Gasteiger partial charge in [0, 0.05) is 7.04 Å². The van der Waals surface area contributed by atoms with E-state index >= 15 is 0 Å². The summed E-state index contributed by atoms with van der Waals surface area (Å²) in [6.45, 7) is -2.79. The highest BCUT2D eigenvalue weighted by atomic mass is 79.9. The van der Waals surface area contributed by atoms with Gasteiger partial charge in [-0.2, -0.15) is 0 Å². The molecule has 1 aromatic rings. The van der Waals surface area contributed by atoms with Crippen molar-refractivity contribution in [1.29, 1.82) is 0 Å². The lowest BCUT2D eigenvalue weighted by molar-refractivity contribution is 0.181. The van der Waals surface area contributed by atoms with Crippen LogP contribution in [0.2, 0.25) is 0 Å². The summed E-state index contributed by atoms with van der Waals surface area (Å²) in [6, 6.07) is 0. The molecule has 0 saturated carbocycles. The molecule has 0 unspecified atom stereocenters. The van der Waals surface area contributed by atoms with Crippen molar-refractivity contribution in [2.75, 3.05) is 7.04 Å². The summed E-state index contributed by atoms with van der Waals surface area (Å²) in [5.74, 6) is 0. The highest BCUT2D eigenvalue weighted by Crippen LogP contribution is 2.03. The molecule has 1 aromatic heterocycles. The second-order valence-electron chi connectivity index (χ2n) is 1.29. The van der Waals surface area contributed by atoms with E-state index in [0.29, 0.717) is 0 Å². The van der Waals surface area contributed by atoms with Crippen LogP contribution in [0.4, 0.5) is 0 Å². The van der Waals surface area contributed by atoms with Gasteiger partial charge < -0.3 is 4.74 Å². The highest BCUT2D eigenvalue weighted by Gasteiger charge is 1.93. The summed E-state index contributed by atoms with van der Waals surface area (Å²) >= 11 is 2.85. The first-order valence-corrected chi connectivity index (χ1v) is 3.03. The standard InChI is InChI=1S/C6H7BrN2O/c1-10-4-5-2-8-3-6(7)9-5/h2-3H,4H2,1H3/i1D3,2D,3D,4D2. The topological polar surface area (TPSA) is 35.0 Å². The van der Waals surface area contributed by atoms with Crippen molar-refractivity contribution < 1.29 is 14.3 Å². The molecule has 54 valence electrons. The van der Waals surface area contributed by atoms with E-state index in [2.05, 4.69) is 30.6 Å². The molecule has 0 saturated heterocycles. The summed E-state index contributed by atoms with van der Waals surface area (Å²) < 4.78 is 54.0. The Morgan fingerprint density at radius 3 is 3.70 bits per heavy atom. The van der Waals surface area contributed by atoms with Crippen LogP contribution in [0.5, 0.6) is 0 Å². The van der Waals surface area contributed by atoms with E-state index in [1.807, 2.05) is 0 Å². The predicted octanol–water partition coefficient (Wildman–Crippen LogP) is 1.39. The molecule has 0 aromatic carbocycles. The van der Waals surface area contributed by atoms with Crippen molar-refractivity contribution in [2.24, 2.45) is 0 Å². The fraction of sp³-hybridized carbons (Fsp3) is 0.333. The molecule has 1 heterocycles. The Morgan fingerprint density at radius 2 is 2.90 bits per heavy atom. The molecule has 0 amide bonds. The summed E-state index contributed by atoms with van der Waals surface area (Å²) in [4.78, 5) is 6.95. The van der Waals surface area contributed by atoms with Gasteiger partial charge in [0.2, 0.25) is 0 Å². The fourth-order valence-electron chi connectivity index (χ4n) is 0.369. The largest absolute Gasteiger partial charge is 0.378 e. The Labute approximate surface area is 77.4 Å². The second kappa shape index (κ2) is 3.63. The van der Waals surface area contributed by atoms with Gasteiger partial charge in [0.05, 0.1) is 34.2 Å². The molecule has 4 heteroatoms. The van der Waals surface area contributed by atoms with Gasteiger partial charge in [-0.3, -0.25) is 4.98 Å². The van der Waals surface area contributed by atoms with Crippen LogP contribution in [0.15, 0.2) is 16.9 Å². The Hall–Kier alpha value is -0.480. The molecule has 3 nitrogen and oxygen atoms in total. The molecular weight excluding hydrogens is 196 g/mol. The van der Waals surface area contributed by atoms with Crippen LogP contribution in [0.1, 0.15) is 15.3 Å². The van der Waals surface area contributed by atoms with Crippen LogP contribution in [0.3, 0.4) is 0 Å². The summed E-state index contributed by atoms with van der Waals surface area (Å²) in [7, 11) is -2.97. The van der Waals surface area contributed by atoms with Crippen molar-refractivity contribution >= 4 is 15.9 Å². The minimum atomic E-state index is -2.97. The zero-order valence-electron chi connectivity index (χ0n) is 11.7. The second-order valence-corrected chi connectivity index (χ2v) is 2.04. The lowest BCUT2D eigenvalue weighted by Gasteiger charge is -1.96. The third kappa shape index (κ3) is 2.04. The SMILES string of the molecule is [2H]c1nc([2H])c(C([2H])([2H])OC([2H])([2H])[2H])nc1Br. The van der Waals surface area contributed by atoms with E-state index in [-0.39, 0.29) is 10.8 Å². The number of ether oxygens (including phenoxy) is 1. The minimum Gasteiger partial charge on any atom is -0.378 e. The average Bonchev–Trinajstić information content (AvgIpc) is 2.06. The van der Waals surface area contributed by atoms with E-state index in [1.54, 1.807) is 0 Å². The highest BCUT2D eigenvalue weighted by molar-refractivity contribution is 9.10. The van der Waals surface area contributed by atoms with Crippen molar-refractivity contribution in [3.8, 4) is 0 Å². The molecule has 0 bridgehead atoms. The van der Waals surface area contributed by atoms with Gasteiger partial charge in [0.25, 0.3) is 0 Å². The molecule has 0 spiro atoms. The third-order valence-corrected chi connectivity index (χ3v) is 1.02. The Kier molecular flexibility index (Phi) is 0.919. The van der Waals surface area contributed by atoms with E-state index in [9.17, 15) is 0 Å². The van der Waals surface area contributed by atoms with Crippen LogP contribution >= 0.6 is 15.9 Å². The fourth-order valence-corrected chi connectivity index (χ4v) is 0.635. The zero-order chi connectivity index (χ0) is 13.4. The number of hydrogen-bond donors (Lipinski definition) is 0. The van der Waals surface area contributed by atoms with E-state index in [1.165, 1.54) is 0 Å². The van der Waals surface area contributed by atoms with Crippen LogP contribution in [-0.4, -0.2) is 17.0 Å². The van der Waals surface area contributed by atoms with Gasteiger partial charge in [0.15, 0.2) is 0 Å². The van der Waals surface area contributed by atoms with E-state index in [4.69, 9.17) is 9.60 Å². The van der Waals surface area contributed by atoms with Gasteiger partial charge in [-0.15, -0.1) is 0 Å². The molecule has 1 rings (SSSR count). The number of nitrogens with zero attached hydrogens (tertiary/aromatic N) is 2. The molecule has 0 radical (unpaired) electrons. The maximum atomic E-state index is 7.41. The first-order chi connectivity index (χ1) is 7.53. The molecule has 0 aliphatic heterocycles. The van der Waals surface area contributed by atoms with E-state index < -0.39 is 25.5 Å². The molecule has 0 aliphatic rings. The first kappa shape index (κ1) is 2.53. The van der Waals surface area contributed by atoms with Gasteiger partial charge >= 0.3 is 0 Å². The zero-order valence-corrected chi connectivity index (χ0v) is 6.27. The third-order valence-electron chi connectivity index (χ3n) is 0.668. The average molecular weight is 210 g/mol. The predicted molar refractivity (Wildman–Crippen MR) is 40.4 cm³/mol. The number of aromatic nitrogens is 2. The lowest BCUT2D eigenvalue weighted by Crippen LogP contribution is -1.92. The number of methoxy groups -OCH3 is 1. The van der Waals surface area contributed by atoms with Crippen LogP contribution in [-0.2, 0) is 11.3 Å². The van der Waals surface area contributed by atoms with Crippen LogP contribution in [0, 0.1) is 0 Å². The van der Waals surface area contributed by atoms with Crippen LogP contribution in [0.25, 0.3) is 0 Å². The van der Waals surface area contributed by atoms with Gasteiger partial charge in [0.1, 0.15) is 4.60 Å². The Bertz CT molecular complexity index is 435. The number of hydrogen-bond acceptors (Lipinski definition) is 3. The summed E-state index contributed by atoms with van der Waals surface area (Å²) in [5.41, 5.74) is -0.600. The van der Waals surface area contributed by atoms with Crippen molar-refractivity contribution in [3.05, 3.63) is 22.6 Å². The number of halogens is 1. The normalized spacial score (nSPS) is 22.7. The van der Waals surface area contributed by atoms with Crippen LogP contribution < -0.4 is 0 Å². The van der Waals surface area contributed by atoms with Crippen molar-refractivity contribution in [2.45, 2.75) is 6.56 Å². The lowest BCUT2D eigenvalue weighted by atomic mass is 10.5. The van der Waals surface area contributed by atoms with Crippen molar-refractivity contribution in [1.82, 2.24) is 9.97 Å². The minimum absolute atomic E-state index is 0.0958. The monoisotopic (exact) mass is 209 g/mol. The number of rotatable bonds is 2. The molecule has 0 aliphatic carbocycles. The summed E-state index contributed by atoms with van der Waals surface area (Å²) in [5, 5.41) is 0. The van der Waals surface area contributed by atoms with Gasteiger partial charge in [-0.05, 0) is 15.9 Å². The quantitative estimate of drug-likeness (QED) is 0.739. The Morgan fingerprint density at radius 1 is 2.00 bits per heavy atom. The van der Waals surface area contributed by atoms with Gasteiger partial charge in [-0.25, -0.2) is 4.98 Å². The maximum absolute atomic E-state index is 7.41. The summed E-state index contributed by atoms with van der Waals surface area (Å²) in [6.07, 6.45) is -0.990. The molecular formula is C6H7BrN2O. The first-order valence-electron chi connectivity index (χ1n) is 5.74. The smallest absolute Gasteiger partial charge is 0.124 e. The molecule has 10 heavy (non-hydrogen) atoms. The molecule has 0 atom stereocenters. The molecule has 0 N–H and O–H groups in total. The maximum Gasteiger partial charge on any atom is 0.124 e.